The van der Waals surface area contributed by atoms with E-state index in [-0.39, 0.29) is 11.8 Å². The van der Waals surface area contributed by atoms with E-state index < -0.39 is 0 Å². The molecule has 1 aromatic carbocycles. The molecule has 1 N–H and O–H groups in total. The SMILES string of the molecule is CCC(CNC)C(=O)N(C)c1ccccc1C. The maximum absolute atomic E-state index is 12.3. The molecule has 0 bridgehead atoms. The zero-order chi connectivity index (χ0) is 12.8. The van der Waals surface area contributed by atoms with Crippen LogP contribution in [0.2, 0.25) is 0 Å². The number of rotatable bonds is 5. The number of nitrogens with one attached hydrogen (secondary N) is 1. The largest absolute Gasteiger partial charge is 0.319 e. The number of amides is 1. The van der Waals surface area contributed by atoms with Gasteiger partial charge in [0.05, 0.1) is 5.92 Å². The Balaban J connectivity index is 2.85. The van der Waals surface area contributed by atoms with E-state index in [1.807, 2.05) is 52.2 Å². The highest BCUT2D eigenvalue weighted by Crippen LogP contribution is 2.20. The van der Waals surface area contributed by atoms with Gasteiger partial charge in [0.25, 0.3) is 0 Å². The van der Waals surface area contributed by atoms with Crippen LogP contribution >= 0.6 is 0 Å². The zero-order valence-electron chi connectivity index (χ0n) is 11.2. The van der Waals surface area contributed by atoms with Gasteiger partial charge in [0.15, 0.2) is 0 Å². The maximum Gasteiger partial charge on any atom is 0.231 e. The molecule has 0 saturated carbocycles. The van der Waals surface area contributed by atoms with Crippen LogP contribution in [-0.2, 0) is 4.79 Å². The zero-order valence-corrected chi connectivity index (χ0v) is 11.2. The van der Waals surface area contributed by atoms with Gasteiger partial charge in [0.1, 0.15) is 0 Å². The maximum atomic E-state index is 12.3. The summed E-state index contributed by atoms with van der Waals surface area (Å²) in [6.45, 7) is 4.80. The van der Waals surface area contributed by atoms with E-state index in [2.05, 4.69) is 5.32 Å². The van der Waals surface area contributed by atoms with Crippen LogP contribution in [0.3, 0.4) is 0 Å². The number of carbonyl (C=O) groups excluding carboxylic acids is 1. The Labute approximate surface area is 104 Å². The number of benzene rings is 1. The Hall–Kier alpha value is -1.35. The first-order valence-electron chi connectivity index (χ1n) is 6.09. The summed E-state index contributed by atoms with van der Waals surface area (Å²) < 4.78 is 0. The first-order chi connectivity index (χ1) is 8.11. The molecule has 1 aromatic rings. The van der Waals surface area contributed by atoms with Gasteiger partial charge in [-0.05, 0) is 32.0 Å². The van der Waals surface area contributed by atoms with Crippen molar-refractivity contribution in [2.75, 3.05) is 25.5 Å². The van der Waals surface area contributed by atoms with E-state index in [0.29, 0.717) is 0 Å². The molecule has 0 saturated heterocycles. The Bertz CT molecular complexity index is 376. The van der Waals surface area contributed by atoms with Crippen LogP contribution in [0.1, 0.15) is 18.9 Å². The van der Waals surface area contributed by atoms with Crippen LogP contribution in [0.5, 0.6) is 0 Å². The van der Waals surface area contributed by atoms with E-state index in [4.69, 9.17) is 0 Å². The molecule has 1 unspecified atom stereocenters. The predicted molar refractivity (Wildman–Crippen MR) is 72.3 cm³/mol. The smallest absolute Gasteiger partial charge is 0.231 e. The molecule has 0 aliphatic rings. The van der Waals surface area contributed by atoms with Crippen molar-refractivity contribution in [3.63, 3.8) is 0 Å². The first kappa shape index (κ1) is 13.7. The van der Waals surface area contributed by atoms with Crippen molar-refractivity contribution >= 4 is 11.6 Å². The van der Waals surface area contributed by atoms with Crippen LogP contribution in [0.25, 0.3) is 0 Å². The molecular formula is C14H22N2O. The lowest BCUT2D eigenvalue weighted by Gasteiger charge is -2.24. The quantitative estimate of drug-likeness (QED) is 0.847. The molecule has 3 nitrogen and oxygen atoms in total. The summed E-state index contributed by atoms with van der Waals surface area (Å²) in [7, 11) is 3.73. The van der Waals surface area contributed by atoms with Crippen molar-refractivity contribution < 1.29 is 4.79 Å². The average Bonchev–Trinajstić information content (AvgIpc) is 2.35. The third kappa shape index (κ3) is 3.30. The highest BCUT2D eigenvalue weighted by Gasteiger charge is 2.21. The molecule has 0 fully saturated rings. The summed E-state index contributed by atoms with van der Waals surface area (Å²) in [5.74, 6) is 0.223. The van der Waals surface area contributed by atoms with Crippen LogP contribution in [0, 0.1) is 12.8 Å². The molecule has 0 spiro atoms. The third-order valence-electron chi connectivity index (χ3n) is 3.10. The number of anilines is 1. The monoisotopic (exact) mass is 234 g/mol. The summed E-state index contributed by atoms with van der Waals surface area (Å²) in [5, 5.41) is 3.07. The summed E-state index contributed by atoms with van der Waals surface area (Å²) in [6, 6.07) is 7.96. The topological polar surface area (TPSA) is 32.3 Å². The minimum absolute atomic E-state index is 0.0459. The summed E-state index contributed by atoms with van der Waals surface area (Å²) >= 11 is 0. The molecular weight excluding hydrogens is 212 g/mol. The fourth-order valence-corrected chi connectivity index (χ4v) is 1.98. The molecule has 0 heterocycles. The van der Waals surface area contributed by atoms with Gasteiger partial charge in [-0.15, -0.1) is 0 Å². The normalized spacial score (nSPS) is 12.2. The molecule has 0 aliphatic heterocycles. The summed E-state index contributed by atoms with van der Waals surface area (Å²) in [4.78, 5) is 14.1. The molecule has 1 rings (SSSR count). The lowest BCUT2D eigenvalue weighted by atomic mass is 10.0. The van der Waals surface area contributed by atoms with Crippen LogP contribution < -0.4 is 10.2 Å². The van der Waals surface area contributed by atoms with E-state index in [1.165, 1.54) is 0 Å². The van der Waals surface area contributed by atoms with Gasteiger partial charge in [-0.1, -0.05) is 25.1 Å². The Morgan fingerprint density at radius 1 is 1.41 bits per heavy atom. The van der Waals surface area contributed by atoms with Crippen LogP contribution in [-0.4, -0.2) is 26.5 Å². The lowest BCUT2D eigenvalue weighted by molar-refractivity contribution is -0.122. The number of nitrogens with zero attached hydrogens (tertiary/aromatic N) is 1. The van der Waals surface area contributed by atoms with Crippen LogP contribution in [0.4, 0.5) is 5.69 Å². The van der Waals surface area contributed by atoms with E-state index in [9.17, 15) is 4.79 Å². The fraction of sp³-hybridized carbons (Fsp3) is 0.500. The third-order valence-corrected chi connectivity index (χ3v) is 3.10. The number of hydrogen-bond donors (Lipinski definition) is 1. The van der Waals surface area contributed by atoms with Crippen molar-refractivity contribution in [2.45, 2.75) is 20.3 Å². The fourth-order valence-electron chi connectivity index (χ4n) is 1.98. The molecule has 17 heavy (non-hydrogen) atoms. The molecule has 0 radical (unpaired) electrons. The molecule has 94 valence electrons. The Morgan fingerprint density at radius 2 is 2.06 bits per heavy atom. The average molecular weight is 234 g/mol. The Morgan fingerprint density at radius 3 is 2.59 bits per heavy atom. The molecule has 0 aromatic heterocycles. The van der Waals surface area contributed by atoms with E-state index >= 15 is 0 Å². The highest BCUT2D eigenvalue weighted by molar-refractivity contribution is 5.95. The molecule has 3 heteroatoms. The van der Waals surface area contributed by atoms with Gasteiger partial charge in [0.2, 0.25) is 5.91 Å². The molecule has 1 atom stereocenters. The summed E-state index contributed by atoms with van der Waals surface area (Å²) in [5.41, 5.74) is 2.12. The predicted octanol–water partition coefficient (Wildman–Crippen LogP) is 2.20. The molecule has 0 aliphatic carbocycles. The van der Waals surface area contributed by atoms with Crippen molar-refractivity contribution in [2.24, 2.45) is 5.92 Å². The minimum Gasteiger partial charge on any atom is -0.319 e. The van der Waals surface area contributed by atoms with Crippen molar-refractivity contribution in [3.05, 3.63) is 29.8 Å². The van der Waals surface area contributed by atoms with E-state index in [1.54, 1.807) is 4.90 Å². The Kier molecular flexibility index (Phi) is 5.16. The lowest BCUT2D eigenvalue weighted by Crippen LogP contribution is -2.37. The van der Waals surface area contributed by atoms with Gasteiger partial charge in [-0.2, -0.15) is 0 Å². The molecule has 1 amide bonds. The van der Waals surface area contributed by atoms with Gasteiger partial charge in [-0.25, -0.2) is 0 Å². The second kappa shape index (κ2) is 6.40. The second-order valence-electron chi connectivity index (χ2n) is 4.35. The van der Waals surface area contributed by atoms with Gasteiger partial charge < -0.3 is 10.2 Å². The number of para-hydroxylation sites is 1. The minimum atomic E-state index is 0.0459. The first-order valence-corrected chi connectivity index (χ1v) is 6.09. The van der Waals surface area contributed by atoms with Gasteiger partial charge >= 0.3 is 0 Å². The van der Waals surface area contributed by atoms with Crippen molar-refractivity contribution in [3.8, 4) is 0 Å². The summed E-state index contributed by atoms with van der Waals surface area (Å²) in [6.07, 6.45) is 0.857. The standard InChI is InChI=1S/C14H22N2O/c1-5-12(10-15-3)14(17)16(4)13-9-7-6-8-11(13)2/h6-9,12,15H,5,10H2,1-4H3. The highest BCUT2D eigenvalue weighted by atomic mass is 16.2. The van der Waals surface area contributed by atoms with Gasteiger partial charge in [-0.3, -0.25) is 4.79 Å². The van der Waals surface area contributed by atoms with Crippen molar-refractivity contribution in [1.29, 1.82) is 0 Å². The number of aryl methyl sites for hydroxylation is 1. The number of hydrogen-bond acceptors (Lipinski definition) is 2. The second-order valence-corrected chi connectivity index (χ2v) is 4.35. The van der Waals surface area contributed by atoms with Crippen molar-refractivity contribution in [1.82, 2.24) is 5.32 Å². The number of carbonyl (C=O) groups is 1. The van der Waals surface area contributed by atoms with E-state index in [0.717, 1.165) is 24.2 Å². The van der Waals surface area contributed by atoms with Gasteiger partial charge in [0, 0.05) is 19.3 Å². The van der Waals surface area contributed by atoms with Crippen LogP contribution in [0.15, 0.2) is 24.3 Å².